The van der Waals surface area contributed by atoms with Gasteiger partial charge < -0.3 is 5.32 Å². The van der Waals surface area contributed by atoms with E-state index in [9.17, 15) is 9.18 Å². The summed E-state index contributed by atoms with van der Waals surface area (Å²) in [5.74, 6) is 6.68. The fraction of sp³-hybridized carbons (Fsp3) is 0.333. The molecule has 31 heavy (non-hydrogen) atoms. The normalized spacial score (nSPS) is 24.7. The van der Waals surface area contributed by atoms with E-state index in [0.29, 0.717) is 12.3 Å². The maximum absolute atomic E-state index is 13.9. The zero-order valence-corrected chi connectivity index (χ0v) is 17.6. The summed E-state index contributed by atoms with van der Waals surface area (Å²) >= 11 is 0. The van der Waals surface area contributed by atoms with Crippen LogP contribution >= 0.6 is 0 Å². The van der Waals surface area contributed by atoms with Crippen LogP contribution in [0.5, 0.6) is 0 Å². The number of aromatic nitrogens is 1. The van der Waals surface area contributed by atoms with Crippen LogP contribution in [0.25, 0.3) is 10.9 Å². The van der Waals surface area contributed by atoms with Crippen molar-refractivity contribution in [3.63, 3.8) is 0 Å². The number of hydrogen-bond donors (Lipinski definition) is 1. The Bertz CT molecular complexity index is 1200. The van der Waals surface area contributed by atoms with E-state index >= 15 is 0 Å². The predicted molar refractivity (Wildman–Crippen MR) is 121 cm³/mol. The SMILES string of the molecule is Cc1ccc(NC(=O)[C@H]2CC#CC23CCC(c2ccnc4ccc(F)cc24)CC3)cc1. The molecule has 2 aromatic carbocycles. The van der Waals surface area contributed by atoms with Gasteiger partial charge >= 0.3 is 0 Å². The molecule has 1 heterocycles. The Morgan fingerprint density at radius 2 is 1.90 bits per heavy atom. The van der Waals surface area contributed by atoms with Crippen molar-refractivity contribution in [3.05, 3.63) is 71.7 Å². The van der Waals surface area contributed by atoms with Crippen LogP contribution in [-0.2, 0) is 4.79 Å². The van der Waals surface area contributed by atoms with E-state index < -0.39 is 0 Å². The molecule has 3 nitrogen and oxygen atoms in total. The summed E-state index contributed by atoms with van der Waals surface area (Å²) in [5.41, 5.74) is 3.73. The van der Waals surface area contributed by atoms with Crippen molar-refractivity contribution in [1.82, 2.24) is 4.98 Å². The van der Waals surface area contributed by atoms with Gasteiger partial charge in [0.2, 0.25) is 5.91 Å². The van der Waals surface area contributed by atoms with Crippen molar-refractivity contribution in [2.75, 3.05) is 5.32 Å². The summed E-state index contributed by atoms with van der Waals surface area (Å²) < 4.78 is 13.9. The largest absolute Gasteiger partial charge is 0.326 e. The Hall–Kier alpha value is -3.19. The van der Waals surface area contributed by atoms with E-state index in [4.69, 9.17) is 0 Å². The number of anilines is 1. The third-order valence-corrected chi connectivity index (χ3v) is 7.00. The first-order chi connectivity index (χ1) is 15.0. The quantitative estimate of drug-likeness (QED) is 0.537. The number of pyridine rings is 1. The van der Waals surface area contributed by atoms with Crippen LogP contribution in [0.1, 0.15) is 49.1 Å². The Morgan fingerprint density at radius 3 is 2.68 bits per heavy atom. The molecule has 1 amide bonds. The lowest BCUT2D eigenvalue weighted by Crippen LogP contribution is -2.38. The molecule has 1 atom stereocenters. The van der Waals surface area contributed by atoms with Crippen LogP contribution in [0.2, 0.25) is 0 Å². The Labute approximate surface area is 182 Å². The standard InChI is InChI=1S/C27H25FN2O/c1-18-4-7-21(8-5-18)30-26(31)24-3-2-13-27(24)14-10-19(11-15-27)22-12-16-29-25-9-6-20(28)17-23(22)25/h4-9,12,16-17,19,24H,3,10-11,14-15H2,1H3,(H,30,31)/t19?,24-,27?/m1/s1. The highest BCUT2D eigenvalue weighted by molar-refractivity contribution is 5.94. The van der Waals surface area contributed by atoms with Crippen LogP contribution in [0.4, 0.5) is 10.1 Å². The monoisotopic (exact) mass is 412 g/mol. The van der Waals surface area contributed by atoms with E-state index in [1.165, 1.54) is 11.6 Å². The molecular weight excluding hydrogens is 387 g/mol. The van der Waals surface area contributed by atoms with E-state index in [1.54, 1.807) is 12.1 Å². The first kappa shape index (κ1) is 19.8. The van der Waals surface area contributed by atoms with Crippen LogP contribution in [0, 0.1) is 35.9 Å². The van der Waals surface area contributed by atoms with Gasteiger partial charge in [0.15, 0.2) is 0 Å². The molecule has 0 saturated heterocycles. The second-order valence-electron chi connectivity index (χ2n) is 8.91. The summed E-state index contributed by atoms with van der Waals surface area (Å²) in [7, 11) is 0. The molecule has 4 heteroatoms. The minimum absolute atomic E-state index is 0.0521. The first-order valence-corrected chi connectivity index (χ1v) is 11.0. The van der Waals surface area contributed by atoms with Gasteiger partial charge in [-0.2, -0.15) is 0 Å². The van der Waals surface area contributed by atoms with E-state index in [2.05, 4.69) is 22.1 Å². The highest BCUT2D eigenvalue weighted by Gasteiger charge is 2.46. The van der Waals surface area contributed by atoms with Gasteiger partial charge in [0.1, 0.15) is 5.82 Å². The van der Waals surface area contributed by atoms with Crippen molar-refractivity contribution in [1.29, 1.82) is 0 Å². The summed E-state index contributed by atoms with van der Waals surface area (Å²) in [6, 6.07) is 14.7. The van der Waals surface area contributed by atoms with Gasteiger partial charge in [0.25, 0.3) is 0 Å². The maximum atomic E-state index is 13.9. The molecule has 0 radical (unpaired) electrons. The van der Waals surface area contributed by atoms with E-state index in [-0.39, 0.29) is 23.1 Å². The lowest BCUT2D eigenvalue weighted by Gasteiger charge is -2.39. The van der Waals surface area contributed by atoms with Crippen molar-refractivity contribution in [2.24, 2.45) is 11.3 Å². The van der Waals surface area contributed by atoms with Gasteiger partial charge in [-0.15, -0.1) is 5.92 Å². The number of carbonyl (C=O) groups excluding carboxylic acids is 1. The predicted octanol–water partition coefficient (Wildman–Crippen LogP) is 5.99. The van der Waals surface area contributed by atoms with Crippen LogP contribution in [0.3, 0.4) is 0 Å². The molecule has 0 unspecified atom stereocenters. The van der Waals surface area contributed by atoms with Gasteiger partial charge in [0, 0.05) is 29.1 Å². The third-order valence-electron chi connectivity index (χ3n) is 7.00. The minimum atomic E-state index is -0.251. The average molecular weight is 413 g/mol. The van der Waals surface area contributed by atoms with Crippen molar-refractivity contribution < 1.29 is 9.18 Å². The summed E-state index contributed by atoms with van der Waals surface area (Å²) in [6.45, 7) is 2.03. The fourth-order valence-corrected chi connectivity index (χ4v) is 5.23. The fourth-order valence-electron chi connectivity index (χ4n) is 5.23. The average Bonchev–Trinajstić information content (AvgIpc) is 3.18. The first-order valence-electron chi connectivity index (χ1n) is 11.0. The molecule has 156 valence electrons. The Morgan fingerprint density at radius 1 is 1.13 bits per heavy atom. The van der Waals surface area contributed by atoms with Crippen molar-refractivity contribution >= 4 is 22.5 Å². The molecule has 2 aliphatic rings. The van der Waals surface area contributed by atoms with Crippen LogP contribution in [-0.4, -0.2) is 10.9 Å². The number of nitrogens with zero attached hydrogens (tertiary/aromatic N) is 1. The molecule has 1 N–H and O–H groups in total. The van der Waals surface area contributed by atoms with Gasteiger partial charge in [0.05, 0.1) is 11.4 Å². The highest BCUT2D eigenvalue weighted by atomic mass is 19.1. The number of fused-ring (bicyclic) bond motifs is 1. The molecule has 5 rings (SSSR count). The maximum Gasteiger partial charge on any atom is 0.229 e. The van der Waals surface area contributed by atoms with Crippen molar-refractivity contribution in [3.8, 4) is 11.8 Å². The number of carbonyl (C=O) groups is 1. The summed E-state index contributed by atoms with van der Waals surface area (Å²) in [6.07, 6.45) is 6.09. The molecule has 3 aromatic rings. The second-order valence-corrected chi connectivity index (χ2v) is 8.91. The molecule has 1 saturated carbocycles. The molecule has 2 aliphatic carbocycles. The molecule has 0 aliphatic heterocycles. The second kappa shape index (κ2) is 7.81. The minimum Gasteiger partial charge on any atom is -0.326 e. The van der Waals surface area contributed by atoms with E-state index in [0.717, 1.165) is 47.8 Å². The third kappa shape index (κ3) is 3.70. The van der Waals surface area contributed by atoms with Gasteiger partial charge in [-0.25, -0.2) is 4.39 Å². The van der Waals surface area contributed by atoms with Gasteiger partial charge in [-0.1, -0.05) is 23.6 Å². The number of benzene rings is 2. The zero-order chi connectivity index (χ0) is 21.4. The number of halogens is 1. The lowest BCUT2D eigenvalue weighted by molar-refractivity contribution is -0.123. The molecule has 0 bridgehead atoms. The zero-order valence-electron chi connectivity index (χ0n) is 17.6. The lowest BCUT2D eigenvalue weighted by atomic mass is 9.64. The molecule has 1 fully saturated rings. The molecule has 1 aromatic heterocycles. The number of hydrogen-bond acceptors (Lipinski definition) is 2. The Balaban J connectivity index is 1.33. The summed E-state index contributed by atoms with van der Waals surface area (Å²) in [4.78, 5) is 17.5. The smallest absolute Gasteiger partial charge is 0.229 e. The van der Waals surface area contributed by atoms with Crippen LogP contribution in [0.15, 0.2) is 54.7 Å². The Kier molecular flexibility index (Phi) is 4.98. The number of amides is 1. The summed E-state index contributed by atoms with van der Waals surface area (Å²) in [5, 5.41) is 3.98. The number of rotatable bonds is 3. The van der Waals surface area contributed by atoms with Crippen LogP contribution < -0.4 is 5.32 Å². The topological polar surface area (TPSA) is 42.0 Å². The molecular formula is C27H25FN2O. The number of aryl methyl sites for hydroxylation is 1. The van der Waals surface area contributed by atoms with Gasteiger partial charge in [-0.05, 0) is 80.5 Å². The van der Waals surface area contributed by atoms with Crippen molar-refractivity contribution in [2.45, 2.75) is 44.9 Å². The number of nitrogens with one attached hydrogen (secondary N) is 1. The van der Waals surface area contributed by atoms with E-state index in [1.807, 2.05) is 43.5 Å². The molecule has 1 spiro atoms. The highest BCUT2D eigenvalue weighted by Crippen LogP contribution is 2.51. The van der Waals surface area contributed by atoms with Gasteiger partial charge in [-0.3, -0.25) is 9.78 Å².